The van der Waals surface area contributed by atoms with Crippen molar-refractivity contribution in [2.45, 2.75) is 39.7 Å². The van der Waals surface area contributed by atoms with Crippen LogP contribution in [0.5, 0.6) is 0 Å². The summed E-state index contributed by atoms with van der Waals surface area (Å²) in [5.41, 5.74) is 2.09. The zero-order valence-corrected chi connectivity index (χ0v) is 11.8. The SMILES string of the molecule is CCCCC(=O)NCc1nc(-c2ccc(C)cc2)no1. The first-order valence-electron chi connectivity index (χ1n) is 6.85. The number of aromatic nitrogens is 2. The summed E-state index contributed by atoms with van der Waals surface area (Å²) < 4.78 is 5.13. The molecule has 5 nitrogen and oxygen atoms in total. The molecule has 0 saturated heterocycles. The maximum atomic E-state index is 11.5. The molecule has 1 heterocycles. The maximum absolute atomic E-state index is 11.5. The molecule has 0 saturated carbocycles. The van der Waals surface area contributed by atoms with Crippen molar-refractivity contribution in [3.05, 3.63) is 35.7 Å². The van der Waals surface area contributed by atoms with Crippen LogP contribution < -0.4 is 5.32 Å². The van der Waals surface area contributed by atoms with Gasteiger partial charge in [-0.15, -0.1) is 0 Å². The standard InChI is InChI=1S/C15H19N3O2/c1-3-4-5-13(19)16-10-14-17-15(18-20-14)12-8-6-11(2)7-9-12/h6-9H,3-5,10H2,1-2H3,(H,16,19). The predicted molar refractivity (Wildman–Crippen MR) is 75.8 cm³/mol. The molecule has 0 spiro atoms. The van der Waals surface area contributed by atoms with Gasteiger partial charge in [0.2, 0.25) is 17.6 Å². The second kappa shape index (κ2) is 6.84. The molecule has 0 aliphatic heterocycles. The Hall–Kier alpha value is -2.17. The lowest BCUT2D eigenvalue weighted by Gasteiger charge is -2.00. The Kier molecular flexibility index (Phi) is 4.87. The fourth-order valence-electron chi connectivity index (χ4n) is 1.75. The van der Waals surface area contributed by atoms with E-state index < -0.39 is 0 Å². The van der Waals surface area contributed by atoms with Gasteiger partial charge in [0.15, 0.2) is 0 Å². The molecular formula is C15H19N3O2. The van der Waals surface area contributed by atoms with Crippen LogP contribution in [0.1, 0.15) is 37.6 Å². The van der Waals surface area contributed by atoms with E-state index in [-0.39, 0.29) is 12.5 Å². The first-order valence-corrected chi connectivity index (χ1v) is 6.85. The molecule has 2 aromatic rings. The molecule has 0 aliphatic rings. The largest absolute Gasteiger partial charge is 0.347 e. The second-order valence-corrected chi connectivity index (χ2v) is 4.76. The van der Waals surface area contributed by atoms with E-state index in [1.807, 2.05) is 31.2 Å². The van der Waals surface area contributed by atoms with Gasteiger partial charge in [-0.05, 0) is 13.3 Å². The Morgan fingerprint density at radius 2 is 2.05 bits per heavy atom. The van der Waals surface area contributed by atoms with Gasteiger partial charge in [-0.25, -0.2) is 0 Å². The number of nitrogens with zero attached hydrogens (tertiary/aromatic N) is 2. The molecule has 1 amide bonds. The van der Waals surface area contributed by atoms with E-state index in [0.29, 0.717) is 18.1 Å². The summed E-state index contributed by atoms with van der Waals surface area (Å²) in [5.74, 6) is 0.982. The number of carbonyl (C=O) groups excluding carboxylic acids is 1. The number of carbonyl (C=O) groups is 1. The summed E-state index contributed by atoms with van der Waals surface area (Å²) in [7, 11) is 0. The van der Waals surface area contributed by atoms with Gasteiger partial charge in [0.1, 0.15) is 0 Å². The minimum atomic E-state index is 0.0157. The van der Waals surface area contributed by atoms with Gasteiger partial charge in [0.25, 0.3) is 0 Å². The van der Waals surface area contributed by atoms with Gasteiger partial charge < -0.3 is 9.84 Å². The minimum absolute atomic E-state index is 0.0157. The molecule has 0 aliphatic carbocycles. The van der Waals surface area contributed by atoms with Crippen molar-refractivity contribution in [3.63, 3.8) is 0 Å². The number of rotatable bonds is 6. The number of nitrogens with one attached hydrogen (secondary N) is 1. The summed E-state index contributed by atoms with van der Waals surface area (Å²) in [4.78, 5) is 15.8. The number of unbranched alkanes of at least 4 members (excludes halogenated alkanes) is 1. The first-order chi connectivity index (χ1) is 9.69. The molecular weight excluding hydrogens is 254 g/mol. The van der Waals surface area contributed by atoms with E-state index in [1.165, 1.54) is 5.56 Å². The molecule has 1 aromatic carbocycles. The minimum Gasteiger partial charge on any atom is -0.347 e. The van der Waals surface area contributed by atoms with Crippen molar-refractivity contribution in [2.75, 3.05) is 0 Å². The van der Waals surface area contributed by atoms with Crippen LogP contribution in [0.25, 0.3) is 11.4 Å². The number of hydrogen-bond donors (Lipinski definition) is 1. The highest BCUT2D eigenvalue weighted by Gasteiger charge is 2.09. The van der Waals surface area contributed by atoms with Crippen molar-refractivity contribution in [3.8, 4) is 11.4 Å². The van der Waals surface area contributed by atoms with E-state index >= 15 is 0 Å². The molecule has 0 radical (unpaired) electrons. The topological polar surface area (TPSA) is 68.0 Å². The van der Waals surface area contributed by atoms with E-state index in [0.717, 1.165) is 18.4 Å². The van der Waals surface area contributed by atoms with Crippen LogP contribution >= 0.6 is 0 Å². The summed E-state index contributed by atoms with van der Waals surface area (Å²) in [5, 5.41) is 6.69. The van der Waals surface area contributed by atoms with Gasteiger partial charge in [-0.3, -0.25) is 4.79 Å². The summed E-state index contributed by atoms with van der Waals surface area (Å²) in [6.45, 7) is 4.36. The van der Waals surface area contributed by atoms with Crippen molar-refractivity contribution in [1.82, 2.24) is 15.5 Å². The Bertz CT molecular complexity index is 561. The Labute approximate surface area is 118 Å². The predicted octanol–water partition coefficient (Wildman–Crippen LogP) is 2.85. The van der Waals surface area contributed by atoms with Gasteiger partial charge in [0, 0.05) is 12.0 Å². The molecule has 0 unspecified atom stereocenters. The summed E-state index contributed by atoms with van der Waals surface area (Å²) in [6.07, 6.45) is 2.44. The number of amides is 1. The third-order valence-corrected chi connectivity index (χ3v) is 2.97. The third-order valence-electron chi connectivity index (χ3n) is 2.97. The maximum Gasteiger partial charge on any atom is 0.246 e. The van der Waals surface area contributed by atoms with Crippen molar-refractivity contribution in [2.24, 2.45) is 0 Å². The molecule has 1 N–H and O–H groups in total. The zero-order chi connectivity index (χ0) is 14.4. The lowest BCUT2D eigenvalue weighted by atomic mass is 10.1. The highest BCUT2D eigenvalue weighted by atomic mass is 16.5. The molecule has 0 atom stereocenters. The number of hydrogen-bond acceptors (Lipinski definition) is 4. The first kappa shape index (κ1) is 14.2. The monoisotopic (exact) mass is 273 g/mol. The molecule has 20 heavy (non-hydrogen) atoms. The average Bonchev–Trinajstić information content (AvgIpc) is 2.92. The van der Waals surface area contributed by atoms with Crippen LogP contribution in [-0.4, -0.2) is 16.0 Å². The number of aryl methyl sites for hydroxylation is 1. The lowest BCUT2D eigenvalue weighted by molar-refractivity contribution is -0.121. The van der Waals surface area contributed by atoms with Crippen LogP contribution in [-0.2, 0) is 11.3 Å². The van der Waals surface area contributed by atoms with Gasteiger partial charge in [0.05, 0.1) is 6.54 Å². The van der Waals surface area contributed by atoms with Crippen LogP contribution in [0.2, 0.25) is 0 Å². The fraction of sp³-hybridized carbons (Fsp3) is 0.400. The Morgan fingerprint density at radius 3 is 2.75 bits per heavy atom. The quantitative estimate of drug-likeness (QED) is 0.878. The van der Waals surface area contributed by atoms with Gasteiger partial charge in [-0.2, -0.15) is 4.98 Å². The van der Waals surface area contributed by atoms with E-state index in [2.05, 4.69) is 22.4 Å². The van der Waals surface area contributed by atoms with Crippen LogP contribution in [0.3, 0.4) is 0 Å². The lowest BCUT2D eigenvalue weighted by Crippen LogP contribution is -2.22. The third kappa shape index (κ3) is 3.91. The Morgan fingerprint density at radius 1 is 1.30 bits per heavy atom. The molecule has 0 bridgehead atoms. The molecule has 0 fully saturated rings. The second-order valence-electron chi connectivity index (χ2n) is 4.76. The molecule has 106 valence electrons. The van der Waals surface area contributed by atoms with Crippen LogP contribution in [0.15, 0.2) is 28.8 Å². The normalized spacial score (nSPS) is 10.5. The summed E-state index contributed by atoms with van der Waals surface area (Å²) in [6, 6.07) is 7.89. The smallest absolute Gasteiger partial charge is 0.246 e. The molecule has 5 heteroatoms. The molecule has 1 aromatic heterocycles. The Balaban J connectivity index is 1.92. The van der Waals surface area contributed by atoms with Crippen molar-refractivity contribution in [1.29, 1.82) is 0 Å². The van der Waals surface area contributed by atoms with E-state index in [1.54, 1.807) is 0 Å². The highest BCUT2D eigenvalue weighted by Crippen LogP contribution is 2.16. The van der Waals surface area contributed by atoms with E-state index in [4.69, 9.17) is 4.52 Å². The van der Waals surface area contributed by atoms with Crippen molar-refractivity contribution >= 4 is 5.91 Å². The highest BCUT2D eigenvalue weighted by molar-refractivity contribution is 5.75. The van der Waals surface area contributed by atoms with Crippen LogP contribution in [0.4, 0.5) is 0 Å². The van der Waals surface area contributed by atoms with Gasteiger partial charge in [-0.1, -0.05) is 48.3 Å². The average molecular weight is 273 g/mol. The van der Waals surface area contributed by atoms with Crippen LogP contribution in [0, 0.1) is 6.92 Å². The number of benzene rings is 1. The zero-order valence-electron chi connectivity index (χ0n) is 11.8. The molecule has 2 rings (SSSR count). The van der Waals surface area contributed by atoms with Crippen molar-refractivity contribution < 1.29 is 9.32 Å². The fourth-order valence-corrected chi connectivity index (χ4v) is 1.75. The van der Waals surface area contributed by atoms with E-state index in [9.17, 15) is 4.79 Å². The summed E-state index contributed by atoms with van der Waals surface area (Å²) >= 11 is 0. The van der Waals surface area contributed by atoms with Gasteiger partial charge >= 0.3 is 0 Å².